The Morgan fingerprint density at radius 3 is 1.52 bits per heavy atom. The van der Waals surface area contributed by atoms with Crippen LogP contribution >= 0.6 is 0 Å². The molecule has 0 spiro atoms. The zero-order valence-electron chi connectivity index (χ0n) is 26.2. The normalized spacial score (nSPS) is 11.8. The quantitative estimate of drug-likeness (QED) is 0.188. The number of hydrogen-bond acceptors (Lipinski definition) is 0. The molecule has 8 aromatic carbocycles. The molecule has 0 aliphatic heterocycles. The van der Waals surface area contributed by atoms with Gasteiger partial charge in [-0.3, -0.25) is 0 Å². The molecule has 0 radical (unpaired) electrons. The molecule has 0 bridgehead atoms. The summed E-state index contributed by atoms with van der Waals surface area (Å²) < 4.78 is 4.82. The van der Waals surface area contributed by atoms with Crippen molar-refractivity contribution in [1.82, 2.24) is 9.13 Å². The lowest BCUT2D eigenvalue weighted by molar-refractivity contribution is 1.18. The van der Waals surface area contributed by atoms with Crippen LogP contribution in [-0.4, -0.2) is 9.13 Å². The van der Waals surface area contributed by atoms with E-state index in [-0.39, 0.29) is 0 Å². The molecule has 0 saturated carbocycles. The number of benzene rings is 8. The number of fused-ring (bicyclic) bond motifs is 7. The molecular formula is C46H30N2. The van der Waals surface area contributed by atoms with Gasteiger partial charge in [0.25, 0.3) is 0 Å². The highest BCUT2D eigenvalue weighted by atomic mass is 15.0. The fourth-order valence-corrected chi connectivity index (χ4v) is 7.78. The highest BCUT2D eigenvalue weighted by molar-refractivity contribution is 6.13. The third-order valence-corrected chi connectivity index (χ3v) is 9.92. The fraction of sp³-hybridized carbons (Fsp3) is 0. The maximum absolute atomic E-state index is 2.45. The maximum Gasteiger partial charge on any atom is 0.0541 e. The van der Waals surface area contributed by atoms with Crippen molar-refractivity contribution in [1.29, 1.82) is 0 Å². The van der Waals surface area contributed by atoms with Gasteiger partial charge in [-0.15, -0.1) is 0 Å². The fourth-order valence-electron chi connectivity index (χ4n) is 7.78. The van der Waals surface area contributed by atoms with Crippen LogP contribution in [0.5, 0.6) is 0 Å². The minimum absolute atomic E-state index is 1.18. The topological polar surface area (TPSA) is 9.86 Å². The molecule has 2 nitrogen and oxygen atoms in total. The van der Waals surface area contributed by atoms with Crippen LogP contribution in [-0.2, 0) is 0 Å². The number of hydrogen-bond donors (Lipinski definition) is 0. The van der Waals surface area contributed by atoms with Gasteiger partial charge in [0.15, 0.2) is 0 Å². The van der Waals surface area contributed by atoms with Crippen molar-refractivity contribution in [3.8, 4) is 33.6 Å². The Balaban J connectivity index is 1.18. The molecule has 48 heavy (non-hydrogen) atoms. The molecule has 10 rings (SSSR count). The van der Waals surface area contributed by atoms with Crippen molar-refractivity contribution in [3.63, 3.8) is 0 Å². The third-order valence-electron chi connectivity index (χ3n) is 9.92. The molecule has 0 fully saturated rings. The minimum Gasteiger partial charge on any atom is -0.309 e. The van der Waals surface area contributed by atoms with Crippen LogP contribution < -0.4 is 0 Å². The number of aromatic nitrogens is 2. The van der Waals surface area contributed by atoms with Crippen LogP contribution in [0.15, 0.2) is 182 Å². The van der Waals surface area contributed by atoms with E-state index in [0.717, 1.165) is 0 Å². The van der Waals surface area contributed by atoms with Crippen LogP contribution in [0.4, 0.5) is 0 Å². The van der Waals surface area contributed by atoms with Gasteiger partial charge in [0.1, 0.15) is 0 Å². The minimum atomic E-state index is 1.18. The molecule has 0 unspecified atom stereocenters. The lowest BCUT2D eigenvalue weighted by Crippen LogP contribution is -1.97. The van der Waals surface area contributed by atoms with E-state index in [1.165, 1.54) is 88.0 Å². The Morgan fingerprint density at radius 1 is 0.292 bits per heavy atom. The zero-order chi connectivity index (χ0) is 31.6. The zero-order valence-corrected chi connectivity index (χ0v) is 26.2. The largest absolute Gasteiger partial charge is 0.309 e. The summed E-state index contributed by atoms with van der Waals surface area (Å²) in [5, 5.41) is 7.55. The Bertz CT molecular complexity index is 2830. The smallest absolute Gasteiger partial charge is 0.0541 e. The van der Waals surface area contributed by atoms with Crippen LogP contribution in [0.1, 0.15) is 0 Å². The van der Waals surface area contributed by atoms with Crippen LogP contribution in [0, 0.1) is 0 Å². The highest BCUT2D eigenvalue weighted by Crippen LogP contribution is 2.40. The summed E-state index contributed by atoms with van der Waals surface area (Å²) in [4.78, 5) is 0. The van der Waals surface area contributed by atoms with Crippen LogP contribution in [0.25, 0.3) is 88.0 Å². The second-order valence-corrected chi connectivity index (χ2v) is 12.5. The standard InChI is InChI=1S/C46H30N2/c1-2-15-34(16-3-1)47-42-22-9-7-19-38(42)40-29-32(25-27-45(40)47)33-26-28-46-41(30-33)39-20-8-11-24-44(39)48(46)43-23-10-6-18-37(43)36-21-12-14-31-13-4-5-17-35(31)36/h1-30H. The number of nitrogens with zero attached hydrogens (tertiary/aromatic N) is 2. The van der Waals surface area contributed by atoms with Gasteiger partial charge >= 0.3 is 0 Å². The summed E-state index contributed by atoms with van der Waals surface area (Å²) in [7, 11) is 0. The molecule has 2 heterocycles. The first kappa shape index (κ1) is 26.8. The Labute approximate surface area is 278 Å². The van der Waals surface area contributed by atoms with Gasteiger partial charge in [0.05, 0.1) is 27.8 Å². The Hall–Kier alpha value is -6.38. The van der Waals surface area contributed by atoms with Crippen molar-refractivity contribution in [2.24, 2.45) is 0 Å². The molecule has 0 atom stereocenters. The van der Waals surface area contributed by atoms with Crippen molar-refractivity contribution in [2.75, 3.05) is 0 Å². The van der Waals surface area contributed by atoms with E-state index in [1.807, 2.05) is 0 Å². The van der Waals surface area contributed by atoms with Crippen LogP contribution in [0.3, 0.4) is 0 Å². The van der Waals surface area contributed by atoms with Gasteiger partial charge in [-0.25, -0.2) is 0 Å². The Morgan fingerprint density at radius 2 is 0.792 bits per heavy atom. The summed E-state index contributed by atoms with van der Waals surface area (Å²) in [6, 6.07) is 66.2. The van der Waals surface area contributed by atoms with E-state index in [0.29, 0.717) is 0 Å². The molecule has 0 N–H and O–H groups in total. The maximum atomic E-state index is 2.45. The second kappa shape index (κ2) is 10.6. The molecule has 0 saturated heterocycles. The molecule has 10 aromatic rings. The SMILES string of the molecule is c1ccc(-n2c3ccccc3c3cc(-c4ccc5c(c4)c4ccccc4n5-c4ccccc4-c4cccc5ccccc45)ccc32)cc1. The average molecular weight is 611 g/mol. The van der Waals surface area contributed by atoms with Gasteiger partial charge in [0, 0.05) is 32.8 Å². The molecular weight excluding hydrogens is 581 g/mol. The molecule has 0 amide bonds. The first-order valence-corrected chi connectivity index (χ1v) is 16.5. The van der Waals surface area contributed by atoms with Crippen molar-refractivity contribution in [3.05, 3.63) is 182 Å². The third kappa shape index (κ3) is 4.00. The predicted molar refractivity (Wildman–Crippen MR) is 203 cm³/mol. The average Bonchev–Trinajstić information content (AvgIpc) is 3.67. The molecule has 0 aliphatic carbocycles. The van der Waals surface area contributed by atoms with Gasteiger partial charge in [-0.05, 0) is 82.1 Å². The number of rotatable bonds is 4. The summed E-state index contributed by atoms with van der Waals surface area (Å²) in [6.07, 6.45) is 0. The monoisotopic (exact) mass is 610 g/mol. The van der Waals surface area contributed by atoms with Crippen molar-refractivity contribution in [2.45, 2.75) is 0 Å². The van der Waals surface area contributed by atoms with Gasteiger partial charge in [-0.1, -0.05) is 127 Å². The van der Waals surface area contributed by atoms with E-state index in [4.69, 9.17) is 0 Å². The van der Waals surface area contributed by atoms with Crippen LogP contribution in [0.2, 0.25) is 0 Å². The van der Waals surface area contributed by atoms with Gasteiger partial charge in [0.2, 0.25) is 0 Å². The summed E-state index contributed by atoms with van der Waals surface area (Å²) in [6.45, 7) is 0. The summed E-state index contributed by atoms with van der Waals surface area (Å²) >= 11 is 0. The lowest BCUT2D eigenvalue weighted by atomic mass is 9.97. The molecule has 0 aliphatic rings. The van der Waals surface area contributed by atoms with E-state index in [2.05, 4.69) is 191 Å². The predicted octanol–water partition coefficient (Wildman–Crippen LogP) is 12.4. The first-order valence-electron chi connectivity index (χ1n) is 16.5. The molecule has 2 heteroatoms. The van der Waals surface area contributed by atoms with Gasteiger partial charge in [-0.2, -0.15) is 0 Å². The first-order chi connectivity index (χ1) is 23.8. The van der Waals surface area contributed by atoms with E-state index >= 15 is 0 Å². The van der Waals surface area contributed by atoms with Crippen molar-refractivity contribution >= 4 is 54.4 Å². The highest BCUT2D eigenvalue weighted by Gasteiger charge is 2.18. The van der Waals surface area contributed by atoms with E-state index in [1.54, 1.807) is 0 Å². The van der Waals surface area contributed by atoms with Gasteiger partial charge < -0.3 is 9.13 Å². The molecule has 2 aromatic heterocycles. The van der Waals surface area contributed by atoms with Crippen molar-refractivity contribution < 1.29 is 0 Å². The Kier molecular flexibility index (Phi) is 5.91. The van der Waals surface area contributed by atoms with E-state index in [9.17, 15) is 0 Å². The summed E-state index contributed by atoms with van der Waals surface area (Å²) in [5.41, 5.74) is 12.1. The summed E-state index contributed by atoms with van der Waals surface area (Å²) in [5.74, 6) is 0. The second-order valence-electron chi connectivity index (χ2n) is 12.5. The number of para-hydroxylation sites is 4. The molecule has 224 valence electrons. The van der Waals surface area contributed by atoms with E-state index < -0.39 is 0 Å². The lowest BCUT2D eigenvalue weighted by Gasteiger charge is -2.15.